The second kappa shape index (κ2) is 7.65. The normalized spacial score (nSPS) is 14.9. The lowest BCUT2D eigenvalue weighted by molar-refractivity contribution is -0.141. The molecular weight excluding hydrogens is 194 g/mol. The van der Waals surface area contributed by atoms with Gasteiger partial charge in [0.05, 0.1) is 6.61 Å². The monoisotopic (exact) mass is 217 g/mol. The number of carbonyl (C=O) groups is 1. The molecule has 15 heavy (non-hydrogen) atoms. The van der Waals surface area contributed by atoms with Gasteiger partial charge in [0.15, 0.2) is 5.60 Å². The Bertz CT molecular complexity index is 185. The van der Waals surface area contributed by atoms with Crippen molar-refractivity contribution < 1.29 is 15.0 Å². The summed E-state index contributed by atoms with van der Waals surface area (Å²) >= 11 is 0. The van der Waals surface area contributed by atoms with E-state index >= 15 is 0 Å². The molecule has 0 bridgehead atoms. The fraction of sp³-hybridized carbons (Fsp3) is 0.909. The standard InChI is InChI=1S/C11H23NO3/c1-2-3-4-5-6-7-8-11(15,9-13)10(12)14/h13,15H,2-9H2,1H3,(H2,12,14). The van der Waals surface area contributed by atoms with Gasteiger partial charge in [-0.15, -0.1) is 0 Å². The van der Waals surface area contributed by atoms with Gasteiger partial charge in [0.25, 0.3) is 5.91 Å². The van der Waals surface area contributed by atoms with Gasteiger partial charge in [-0.05, 0) is 12.8 Å². The molecule has 0 aliphatic rings. The number of aliphatic hydroxyl groups excluding tert-OH is 1. The third-order valence-electron chi connectivity index (χ3n) is 2.66. The lowest BCUT2D eigenvalue weighted by atomic mass is 9.96. The highest BCUT2D eigenvalue weighted by atomic mass is 16.3. The van der Waals surface area contributed by atoms with Crippen molar-refractivity contribution in [2.24, 2.45) is 5.73 Å². The summed E-state index contributed by atoms with van der Waals surface area (Å²) in [5.41, 5.74) is 3.28. The summed E-state index contributed by atoms with van der Waals surface area (Å²) in [6, 6.07) is 0. The predicted molar refractivity (Wildman–Crippen MR) is 59.2 cm³/mol. The minimum atomic E-state index is -1.72. The van der Waals surface area contributed by atoms with E-state index in [1.165, 1.54) is 19.3 Å². The zero-order valence-electron chi connectivity index (χ0n) is 9.54. The smallest absolute Gasteiger partial charge is 0.251 e. The Hall–Kier alpha value is -0.610. The first-order valence-electron chi connectivity index (χ1n) is 5.70. The summed E-state index contributed by atoms with van der Waals surface area (Å²) in [4.78, 5) is 10.8. The molecular formula is C11H23NO3. The van der Waals surface area contributed by atoms with Crippen LogP contribution in [0.5, 0.6) is 0 Å². The molecule has 0 fully saturated rings. The van der Waals surface area contributed by atoms with Crippen LogP contribution in [0.1, 0.15) is 51.9 Å². The molecule has 1 atom stereocenters. The first kappa shape index (κ1) is 14.4. The van der Waals surface area contributed by atoms with Crippen LogP contribution in [0.15, 0.2) is 0 Å². The molecule has 0 aromatic carbocycles. The highest BCUT2D eigenvalue weighted by molar-refractivity contribution is 5.83. The maximum atomic E-state index is 10.8. The molecule has 0 saturated heterocycles. The average molecular weight is 217 g/mol. The fourth-order valence-corrected chi connectivity index (χ4v) is 1.48. The van der Waals surface area contributed by atoms with Gasteiger partial charge in [-0.1, -0.05) is 39.0 Å². The molecule has 0 aliphatic heterocycles. The Kier molecular flexibility index (Phi) is 7.34. The second-order valence-corrected chi connectivity index (χ2v) is 4.07. The molecule has 0 aromatic heterocycles. The van der Waals surface area contributed by atoms with Crippen molar-refractivity contribution in [1.82, 2.24) is 0 Å². The van der Waals surface area contributed by atoms with Gasteiger partial charge in [0, 0.05) is 0 Å². The number of aliphatic hydroxyl groups is 2. The zero-order valence-corrected chi connectivity index (χ0v) is 9.54. The number of rotatable bonds is 9. The van der Waals surface area contributed by atoms with E-state index < -0.39 is 18.1 Å². The van der Waals surface area contributed by atoms with Crippen LogP contribution in [0.2, 0.25) is 0 Å². The van der Waals surface area contributed by atoms with Crippen LogP contribution in [-0.2, 0) is 4.79 Å². The Morgan fingerprint density at radius 2 is 1.73 bits per heavy atom. The number of nitrogens with two attached hydrogens (primary N) is 1. The molecule has 0 saturated carbocycles. The topological polar surface area (TPSA) is 83.6 Å². The summed E-state index contributed by atoms with van der Waals surface area (Å²) in [6.07, 6.45) is 6.66. The Labute approximate surface area is 91.5 Å². The third-order valence-corrected chi connectivity index (χ3v) is 2.66. The molecule has 1 amide bonds. The van der Waals surface area contributed by atoms with Crippen molar-refractivity contribution in [3.05, 3.63) is 0 Å². The third kappa shape index (κ3) is 5.74. The summed E-state index contributed by atoms with van der Waals surface area (Å²) in [5.74, 6) is -0.835. The Balaban J connectivity index is 3.60. The number of hydrogen-bond donors (Lipinski definition) is 3. The van der Waals surface area contributed by atoms with Gasteiger partial charge in [-0.2, -0.15) is 0 Å². The highest BCUT2D eigenvalue weighted by Gasteiger charge is 2.32. The number of carbonyl (C=O) groups excluding carboxylic acids is 1. The van der Waals surface area contributed by atoms with Crippen LogP contribution in [0.3, 0.4) is 0 Å². The second-order valence-electron chi connectivity index (χ2n) is 4.07. The highest BCUT2D eigenvalue weighted by Crippen LogP contribution is 2.15. The van der Waals surface area contributed by atoms with E-state index in [1.807, 2.05) is 0 Å². The molecule has 90 valence electrons. The van der Waals surface area contributed by atoms with Crippen LogP contribution in [0.4, 0.5) is 0 Å². The maximum absolute atomic E-state index is 10.8. The molecule has 0 aromatic rings. The van der Waals surface area contributed by atoms with Crippen molar-refractivity contribution in [2.75, 3.05) is 6.61 Å². The average Bonchev–Trinajstić information content (AvgIpc) is 2.22. The van der Waals surface area contributed by atoms with E-state index in [0.717, 1.165) is 19.3 Å². The van der Waals surface area contributed by atoms with Crippen LogP contribution < -0.4 is 5.73 Å². The van der Waals surface area contributed by atoms with Gasteiger partial charge in [-0.25, -0.2) is 0 Å². The van der Waals surface area contributed by atoms with Crippen molar-refractivity contribution in [2.45, 2.75) is 57.5 Å². The SMILES string of the molecule is CCCCCCCCC(O)(CO)C(N)=O. The van der Waals surface area contributed by atoms with Gasteiger partial charge >= 0.3 is 0 Å². The van der Waals surface area contributed by atoms with Crippen LogP contribution in [0, 0.1) is 0 Å². The van der Waals surface area contributed by atoms with E-state index in [4.69, 9.17) is 10.8 Å². The van der Waals surface area contributed by atoms with Crippen molar-refractivity contribution in [3.63, 3.8) is 0 Å². The van der Waals surface area contributed by atoms with Gasteiger partial charge < -0.3 is 15.9 Å². The van der Waals surface area contributed by atoms with Crippen LogP contribution in [-0.4, -0.2) is 28.3 Å². The summed E-state index contributed by atoms with van der Waals surface area (Å²) in [6.45, 7) is 1.56. The first-order valence-corrected chi connectivity index (χ1v) is 5.70. The number of unbranched alkanes of at least 4 members (excludes halogenated alkanes) is 5. The number of primary amides is 1. The molecule has 1 unspecified atom stereocenters. The van der Waals surface area contributed by atoms with E-state index in [-0.39, 0.29) is 6.42 Å². The van der Waals surface area contributed by atoms with E-state index in [9.17, 15) is 9.90 Å². The van der Waals surface area contributed by atoms with E-state index in [2.05, 4.69) is 6.92 Å². The minimum Gasteiger partial charge on any atom is -0.393 e. The molecule has 0 rings (SSSR count). The quantitative estimate of drug-likeness (QED) is 0.503. The first-order chi connectivity index (χ1) is 7.06. The largest absolute Gasteiger partial charge is 0.393 e. The lowest BCUT2D eigenvalue weighted by Crippen LogP contribution is -2.46. The fourth-order valence-electron chi connectivity index (χ4n) is 1.48. The van der Waals surface area contributed by atoms with Crippen LogP contribution >= 0.6 is 0 Å². The molecule has 0 heterocycles. The van der Waals surface area contributed by atoms with Gasteiger partial charge in [0.1, 0.15) is 0 Å². The summed E-state index contributed by atoms with van der Waals surface area (Å²) in [7, 11) is 0. The molecule has 0 radical (unpaired) electrons. The van der Waals surface area contributed by atoms with Crippen molar-refractivity contribution in [3.8, 4) is 0 Å². The predicted octanol–water partition coefficient (Wildman–Crippen LogP) is 0.946. The van der Waals surface area contributed by atoms with E-state index in [1.54, 1.807) is 0 Å². The van der Waals surface area contributed by atoms with Crippen LogP contribution in [0.25, 0.3) is 0 Å². The van der Waals surface area contributed by atoms with Crippen molar-refractivity contribution in [1.29, 1.82) is 0 Å². The molecule has 4 nitrogen and oxygen atoms in total. The number of hydrogen-bond acceptors (Lipinski definition) is 3. The summed E-state index contributed by atoms with van der Waals surface area (Å²) < 4.78 is 0. The molecule has 4 N–H and O–H groups in total. The van der Waals surface area contributed by atoms with Gasteiger partial charge in [0.2, 0.25) is 0 Å². The summed E-state index contributed by atoms with van der Waals surface area (Å²) in [5, 5.41) is 18.4. The Morgan fingerprint density at radius 3 is 2.20 bits per heavy atom. The van der Waals surface area contributed by atoms with Crippen molar-refractivity contribution >= 4 is 5.91 Å². The number of amides is 1. The maximum Gasteiger partial charge on any atom is 0.251 e. The lowest BCUT2D eigenvalue weighted by Gasteiger charge is -2.21. The molecule has 0 aliphatic carbocycles. The minimum absolute atomic E-state index is 0.255. The van der Waals surface area contributed by atoms with E-state index in [0.29, 0.717) is 0 Å². The zero-order chi connectivity index (χ0) is 11.7. The Morgan fingerprint density at radius 1 is 1.20 bits per heavy atom. The molecule has 0 spiro atoms. The van der Waals surface area contributed by atoms with Gasteiger partial charge in [-0.3, -0.25) is 4.79 Å². The molecule has 4 heteroatoms.